The maximum Gasteiger partial charge on any atom is 0.417 e. The van der Waals surface area contributed by atoms with Crippen molar-refractivity contribution in [1.82, 2.24) is 14.6 Å². The van der Waals surface area contributed by atoms with Crippen molar-refractivity contribution in [3.63, 3.8) is 0 Å². The summed E-state index contributed by atoms with van der Waals surface area (Å²) in [6.45, 7) is 3.61. The third-order valence-corrected chi connectivity index (χ3v) is 6.48. The van der Waals surface area contributed by atoms with Crippen molar-refractivity contribution in [2.24, 2.45) is 0 Å². The fraction of sp³-hybridized carbons (Fsp3) is 0.429. The number of pyridine rings is 1. The Morgan fingerprint density at radius 3 is 2.42 bits per heavy atom. The van der Waals surface area contributed by atoms with E-state index < -0.39 is 11.7 Å². The lowest BCUT2D eigenvalue weighted by molar-refractivity contribution is -0.137. The Balaban J connectivity index is 1.24. The van der Waals surface area contributed by atoms with E-state index in [4.69, 9.17) is 0 Å². The van der Waals surface area contributed by atoms with Crippen LogP contribution in [0.4, 0.5) is 24.7 Å². The highest BCUT2D eigenvalue weighted by molar-refractivity contribution is 7.97. The minimum atomic E-state index is -4.37. The number of nitrogens with zero attached hydrogens (tertiary/aromatic N) is 3. The van der Waals surface area contributed by atoms with Gasteiger partial charge in [-0.05, 0) is 61.2 Å². The van der Waals surface area contributed by atoms with Gasteiger partial charge in [-0.1, -0.05) is 0 Å². The average Bonchev–Trinajstić information content (AvgIpc) is 2.75. The van der Waals surface area contributed by atoms with Gasteiger partial charge in [-0.15, -0.1) is 0 Å². The monoisotopic (exact) mass is 451 g/mol. The number of carbonyl (C=O) groups is 1. The average molecular weight is 452 g/mol. The van der Waals surface area contributed by atoms with Crippen LogP contribution in [0.1, 0.15) is 18.4 Å². The van der Waals surface area contributed by atoms with Crippen LogP contribution in [-0.2, 0) is 11.0 Å². The fourth-order valence-corrected chi connectivity index (χ4v) is 4.62. The largest absolute Gasteiger partial charge is 0.417 e. The SMILES string of the molecule is O=C1CN(c2ccc(SN3CCC(Nc4ccc(C(F)(F)F)cn4)CC3)cc2)CCN1. The van der Waals surface area contributed by atoms with Gasteiger partial charge in [0.05, 0.1) is 12.1 Å². The van der Waals surface area contributed by atoms with Crippen LogP contribution in [0.15, 0.2) is 47.5 Å². The zero-order chi connectivity index (χ0) is 21.8. The molecular formula is C21H24F3N5OS. The number of piperazine rings is 1. The Labute approximate surface area is 183 Å². The molecule has 2 fully saturated rings. The number of hydrogen-bond donors (Lipinski definition) is 2. The van der Waals surface area contributed by atoms with Crippen molar-refractivity contribution in [1.29, 1.82) is 0 Å². The zero-order valence-electron chi connectivity index (χ0n) is 16.9. The van der Waals surface area contributed by atoms with E-state index in [1.165, 1.54) is 6.07 Å². The molecule has 2 N–H and O–H groups in total. The first-order valence-electron chi connectivity index (χ1n) is 10.2. The van der Waals surface area contributed by atoms with Crippen LogP contribution >= 0.6 is 11.9 Å². The molecule has 0 spiro atoms. The van der Waals surface area contributed by atoms with Crippen LogP contribution in [0.25, 0.3) is 0 Å². The summed E-state index contributed by atoms with van der Waals surface area (Å²) in [4.78, 5) is 18.7. The molecule has 1 aromatic carbocycles. The highest BCUT2D eigenvalue weighted by Gasteiger charge is 2.30. The number of benzene rings is 1. The molecule has 0 unspecified atom stereocenters. The highest BCUT2D eigenvalue weighted by Crippen LogP contribution is 2.30. The Morgan fingerprint density at radius 2 is 1.81 bits per heavy atom. The molecule has 4 rings (SSSR count). The summed E-state index contributed by atoms with van der Waals surface area (Å²) < 4.78 is 40.2. The van der Waals surface area contributed by atoms with Crippen molar-refractivity contribution in [2.45, 2.75) is 30.0 Å². The van der Waals surface area contributed by atoms with E-state index in [9.17, 15) is 18.0 Å². The first-order valence-corrected chi connectivity index (χ1v) is 11.0. The molecule has 0 radical (unpaired) electrons. The van der Waals surface area contributed by atoms with Gasteiger partial charge in [-0.3, -0.25) is 4.79 Å². The normalized spacial score (nSPS) is 18.7. The molecule has 0 bridgehead atoms. The summed E-state index contributed by atoms with van der Waals surface area (Å²) in [6.07, 6.45) is -1.73. The number of rotatable bonds is 5. The van der Waals surface area contributed by atoms with Crippen LogP contribution in [0.2, 0.25) is 0 Å². The molecule has 2 aliphatic heterocycles. The minimum Gasteiger partial charge on any atom is -0.367 e. The molecular weight excluding hydrogens is 427 g/mol. The fourth-order valence-electron chi connectivity index (χ4n) is 3.67. The quantitative estimate of drug-likeness (QED) is 0.678. The molecule has 6 nitrogen and oxygen atoms in total. The molecule has 31 heavy (non-hydrogen) atoms. The smallest absolute Gasteiger partial charge is 0.367 e. The second kappa shape index (κ2) is 9.35. The number of anilines is 2. The van der Waals surface area contributed by atoms with Crippen molar-refractivity contribution in [2.75, 3.05) is 42.9 Å². The molecule has 0 aliphatic carbocycles. The summed E-state index contributed by atoms with van der Waals surface area (Å²) in [6, 6.07) is 10.9. The number of carbonyl (C=O) groups excluding carboxylic acids is 1. The predicted molar refractivity (Wildman–Crippen MR) is 115 cm³/mol. The van der Waals surface area contributed by atoms with Gasteiger partial charge in [0.2, 0.25) is 5.91 Å². The maximum atomic E-state index is 12.6. The van der Waals surface area contributed by atoms with Crippen LogP contribution < -0.4 is 15.5 Å². The van der Waals surface area contributed by atoms with Gasteiger partial charge < -0.3 is 15.5 Å². The van der Waals surface area contributed by atoms with E-state index in [1.54, 1.807) is 11.9 Å². The van der Waals surface area contributed by atoms with E-state index in [0.29, 0.717) is 18.9 Å². The van der Waals surface area contributed by atoms with Crippen LogP contribution in [0.3, 0.4) is 0 Å². The van der Waals surface area contributed by atoms with Gasteiger partial charge in [0, 0.05) is 49.0 Å². The van der Waals surface area contributed by atoms with Gasteiger partial charge >= 0.3 is 6.18 Å². The standard InChI is InChI=1S/C21H24F3N5OS/c22-21(23,24)15-1-6-19(26-13-15)27-16-7-10-29(11-8-16)31-18-4-2-17(3-5-18)28-12-9-25-20(30)14-28/h1-6,13,16H,7-12,14H2,(H,25,30)(H,26,27). The van der Waals surface area contributed by atoms with Crippen LogP contribution in [-0.4, -0.2) is 54.0 Å². The summed E-state index contributed by atoms with van der Waals surface area (Å²) in [5, 5.41) is 6.07. The van der Waals surface area contributed by atoms with E-state index in [1.807, 2.05) is 12.1 Å². The second-order valence-corrected chi connectivity index (χ2v) is 8.80. The Hall–Kier alpha value is -2.46. The van der Waals surface area contributed by atoms with E-state index in [-0.39, 0.29) is 11.9 Å². The lowest BCUT2D eigenvalue weighted by atomic mass is 10.1. The van der Waals surface area contributed by atoms with Crippen LogP contribution in [0, 0.1) is 0 Å². The molecule has 0 atom stereocenters. The van der Waals surface area contributed by atoms with Gasteiger partial charge in [0.15, 0.2) is 0 Å². The Morgan fingerprint density at radius 1 is 1.06 bits per heavy atom. The third-order valence-electron chi connectivity index (χ3n) is 5.37. The van der Waals surface area contributed by atoms with Crippen molar-refractivity contribution < 1.29 is 18.0 Å². The molecule has 1 amide bonds. The topological polar surface area (TPSA) is 60.5 Å². The number of alkyl halides is 3. The third kappa shape index (κ3) is 5.82. The zero-order valence-corrected chi connectivity index (χ0v) is 17.7. The highest BCUT2D eigenvalue weighted by atomic mass is 32.2. The Bertz CT molecular complexity index is 883. The van der Waals surface area contributed by atoms with Crippen molar-refractivity contribution in [3.05, 3.63) is 48.2 Å². The lowest BCUT2D eigenvalue weighted by Gasteiger charge is -2.32. The number of aromatic nitrogens is 1. The molecule has 1 aromatic heterocycles. The maximum absolute atomic E-state index is 12.6. The first-order chi connectivity index (χ1) is 14.9. The first kappa shape index (κ1) is 21.8. The Kier molecular flexibility index (Phi) is 6.57. The minimum absolute atomic E-state index is 0.0488. The van der Waals surface area contributed by atoms with E-state index >= 15 is 0 Å². The summed E-state index contributed by atoms with van der Waals surface area (Å²) in [7, 11) is 0. The molecule has 0 saturated carbocycles. The van der Waals surface area contributed by atoms with Gasteiger partial charge in [0.1, 0.15) is 5.82 Å². The molecule has 2 aliphatic rings. The number of halogens is 3. The van der Waals surface area contributed by atoms with E-state index in [2.05, 4.69) is 37.0 Å². The molecule has 10 heteroatoms. The number of amides is 1. The molecule has 166 valence electrons. The number of piperidine rings is 1. The molecule has 2 saturated heterocycles. The van der Waals surface area contributed by atoms with Gasteiger partial charge in [-0.25, -0.2) is 9.29 Å². The van der Waals surface area contributed by atoms with E-state index in [0.717, 1.165) is 55.3 Å². The van der Waals surface area contributed by atoms with Gasteiger partial charge in [-0.2, -0.15) is 13.2 Å². The summed E-state index contributed by atoms with van der Waals surface area (Å²) >= 11 is 1.70. The van der Waals surface area contributed by atoms with Gasteiger partial charge in [0.25, 0.3) is 0 Å². The summed E-state index contributed by atoms with van der Waals surface area (Å²) in [5.41, 5.74) is 0.310. The summed E-state index contributed by atoms with van der Waals surface area (Å²) in [5.74, 6) is 0.522. The van der Waals surface area contributed by atoms with Crippen LogP contribution in [0.5, 0.6) is 0 Å². The molecule has 3 heterocycles. The second-order valence-electron chi connectivity index (χ2n) is 7.63. The molecule has 2 aromatic rings. The number of hydrogen-bond acceptors (Lipinski definition) is 6. The number of nitrogens with one attached hydrogen (secondary N) is 2. The van der Waals surface area contributed by atoms with Crippen molar-refractivity contribution in [3.8, 4) is 0 Å². The lowest BCUT2D eigenvalue weighted by Crippen LogP contribution is -2.47. The van der Waals surface area contributed by atoms with Crippen molar-refractivity contribution >= 4 is 29.4 Å². The predicted octanol–water partition coefficient (Wildman–Crippen LogP) is 3.62.